The van der Waals surface area contributed by atoms with E-state index in [-0.39, 0.29) is 54.2 Å². The van der Waals surface area contributed by atoms with Crippen LogP contribution in [0.1, 0.15) is 11.6 Å². The number of para-hydroxylation sites is 1. The Morgan fingerprint density at radius 1 is 0.650 bits per heavy atom. The number of rotatable bonds is 5. The van der Waals surface area contributed by atoms with Crippen LogP contribution in [0.2, 0.25) is 0 Å². The molecule has 206 valence electrons. The van der Waals surface area contributed by atoms with E-state index in [1.165, 1.54) is 30.6 Å². The molecule has 40 heavy (non-hydrogen) atoms. The van der Waals surface area contributed by atoms with Crippen molar-refractivity contribution in [2.45, 2.75) is 12.4 Å². The number of aromatic nitrogens is 8. The first kappa shape index (κ1) is 29.4. The van der Waals surface area contributed by atoms with Crippen molar-refractivity contribution >= 4 is 13.2 Å². The second kappa shape index (κ2) is 11.1. The van der Waals surface area contributed by atoms with Crippen molar-refractivity contribution in [2.24, 2.45) is 0 Å². The fourth-order valence-electron chi connectivity index (χ4n) is 3.78. The second-order valence-corrected chi connectivity index (χ2v) is 10.6. The predicted molar refractivity (Wildman–Crippen MR) is 131 cm³/mol. The summed E-state index contributed by atoms with van der Waals surface area (Å²) in [4.78, 5) is 15.7. The Morgan fingerprint density at radius 2 is 1.15 bits per heavy atom. The quantitative estimate of drug-likeness (QED) is 0.177. The van der Waals surface area contributed by atoms with Crippen LogP contribution in [0.25, 0.3) is 34.4 Å². The Hall–Kier alpha value is -3.55. The van der Waals surface area contributed by atoms with Gasteiger partial charge in [-0.3, -0.25) is 9.97 Å². The first-order chi connectivity index (χ1) is 18.4. The van der Waals surface area contributed by atoms with Crippen LogP contribution in [0, 0.1) is 0 Å². The number of alkyl halides is 6. The molecule has 5 aromatic rings. The van der Waals surface area contributed by atoms with Crippen molar-refractivity contribution in [2.75, 3.05) is 13.3 Å². The molecule has 0 atom stereocenters. The predicted octanol–water partition coefficient (Wildman–Crippen LogP) is 5.37. The number of hydrogen-bond donors (Lipinski definition) is 0. The van der Waals surface area contributed by atoms with E-state index in [2.05, 4.69) is 30.1 Å². The molecule has 16 heteroatoms. The molecular formula is C24H17F6N8OsP+2. The summed E-state index contributed by atoms with van der Waals surface area (Å²) in [6, 6.07) is 13.9. The van der Waals surface area contributed by atoms with Gasteiger partial charge in [-0.05, 0) is 43.7 Å². The topological polar surface area (TPSA) is 87.2 Å². The molecule has 0 aliphatic carbocycles. The number of pyridine rings is 2. The molecule has 0 aliphatic rings. The van der Waals surface area contributed by atoms with Gasteiger partial charge in [0.05, 0.1) is 5.69 Å². The van der Waals surface area contributed by atoms with Gasteiger partial charge in [-0.15, -0.1) is 10.2 Å². The maximum Gasteiger partial charge on any atom is 2.00 e. The van der Waals surface area contributed by atoms with E-state index < -0.39 is 31.9 Å². The molecule has 4 aromatic heterocycles. The third kappa shape index (κ3) is 5.67. The molecule has 0 saturated carbocycles. The second-order valence-electron chi connectivity index (χ2n) is 8.31. The number of nitrogens with zero attached hydrogens (tertiary/aromatic N) is 8. The minimum absolute atomic E-state index is 0. The normalized spacial score (nSPS) is 12.0. The molecule has 5 rings (SSSR count). The van der Waals surface area contributed by atoms with Gasteiger partial charge in [0.1, 0.15) is 17.1 Å². The standard InChI is InChI=1S/C24H17F6N8P.Os/c1-39(2)17-11-7-10-16(37-19(14-8-3-5-12-31-14)33-21(35-37)23(25,26)27)18(17)38-20(15-9-4-6-13-32-15)34-22(36-38)24(28,29)30;/h3-13H,1-2H3;/q;+2. The maximum atomic E-state index is 13.8. The van der Waals surface area contributed by atoms with Gasteiger partial charge < -0.3 is 0 Å². The molecule has 1 aromatic carbocycles. The van der Waals surface area contributed by atoms with Crippen LogP contribution < -0.4 is 5.30 Å². The van der Waals surface area contributed by atoms with E-state index >= 15 is 0 Å². The van der Waals surface area contributed by atoms with Crippen molar-refractivity contribution < 1.29 is 46.1 Å². The maximum absolute atomic E-state index is 13.8. The van der Waals surface area contributed by atoms with Crippen LogP contribution >= 0.6 is 7.92 Å². The molecule has 0 radical (unpaired) electrons. The van der Waals surface area contributed by atoms with Gasteiger partial charge >= 0.3 is 32.1 Å². The zero-order chi connectivity index (χ0) is 27.9. The van der Waals surface area contributed by atoms with Gasteiger partial charge in [0.25, 0.3) is 11.6 Å². The summed E-state index contributed by atoms with van der Waals surface area (Å²) in [5.74, 6) is -3.37. The first-order valence-corrected chi connectivity index (χ1v) is 13.4. The fourth-order valence-corrected chi connectivity index (χ4v) is 4.80. The van der Waals surface area contributed by atoms with E-state index in [1.807, 2.05) is 13.3 Å². The summed E-state index contributed by atoms with van der Waals surface area (Å²) in [6.07, 6.45) is -7.04. The Kier molecular flexibility index (Phi) is 8.20. The fraction of sp³-hybridized carbons (Fsp3) is 0.167. The smallest absolute Gasteiger partial charge is 0.253 e. The summed E-state index contributed by atoms with van der Waals surface area (Å²) >= 11 is 0. The molecule has 4 heterocycles. The van der Waals surface area contributed by atoms with E-state index in [0.29, 0.717) is 5.30 Å². The minimum Gasteiger partial charge on any atom is -0.253 e. The Morgan fingerprint density at radius 3 is 1.60 bits per heavy atom. The van der Waals surface area contributed by atoms with Crippen LogP contribution in [-0.4, -0.2) is 52.8 Å². The van der Waals surface area contributed by atoms with E-state index in [9.17, 15) is 26.3 Å². The van der Waals surface area contributed by atoms with Gasteiger partial charge in [0.15, 0.2) is 11.6 Å². The van der Waals surface area contributed by atoms with Crippen LogP contribution in [0.15, 0.2) is 67.0 Å². The molecule has 0 aliphatic heterocycles. The van der Waals surface area contributed by atoms with Crippen molar-refractivity contribution in [3.8, 4) is 34.4 Å². The first-order valence-electron chi connectivity index (χ1n) is 11.2. The van der Waals surface area contributed by atoms with Gasteiger partial charge in [-0.25, -0.2) is 19.3 Å². The third-order valence-corrected chi connectivity index (χ3v) is 6.75. The molecule has 0 N–H and O–H groups in total. The molecule has 0 saturated heterocycles. The largest absolute Gasteiger partial charge is 2.00 e. The zero-order valence-electron chi connectivity index (χ0n) is 20.5. The summed E-state index contributed by atoms with van der Waals surface area (Å²) < 4.78 is 84.5. The molecule has 0 spiro atoms. The monoisotopic (exact) mass is 754 g/mol. The summed E-state index contributed by atoms with van der Waals surface area (Å²) in [5, 5.41) is 8.02. The minimum atomic E-state index is -4.90. The number of hydrogen-bond acceptors (Lipinski definition) is 6. The molecule has 0 unspecified atom stereocenters. The van der Waals surface area contributed by atoms with Crippen LogP contribution in [0.4, 0.5) is 26.3 Å². The van der Waals surface area contributed by atoms with E-state index in [0.717, 1.165) is 9.36 Å². The van der Waals surface area contributed by atoms with Gasteiger partial charge in [0, 0.05) is 17.7 Å². The van der Waals surface area contributed by atoms with Crippen LogP contribution in [-0.2, 0) is 32.1 Å². The van der Waals surface area contributed by atoms with Crippen molar-refractivity contribution in [1.29, 1.82) is 0 Å². The Balaban J connectivity index is 0.00000370. The average molecular weight is 753 g/mol. The molecule has 0 amide bonds. The molecule has 8 nitrogen and oxygen atoms in total. The van der Waals surface area contributed by atoms with Crippen molar-refractivity contribution in [1.82, 2.24) is 39.5 Å². The summed E-state index contributed by atoms with van der Waals surface area (Å²) in [6.45, 7) is 3.70. The third-order valence-electron chi connectivity index (χ3n) is 5.42. The average Bonchev–Trinajstić information content (AvgIpc) is 3.55. The molecular weight excluding hydrogens is 736 g/mol. The molecule has 0 fully saturated rings. The van der Waals surface area contributed by atoms with Crippen molar-refractivity contribution in [3.05, 3.63) is 78.6 Å². The number of halogens is 6. The Labute approximate surface area is 237 Å². The Bertz CT molecular complexity index is 1620. The summed E-state index contributed by atoms with van der Waals surface area (Å²) in [5.41, 5.74) is 0.222. The van der Waals surface area contributed by atoms with Crippen LogP contribution in [0.5, 0.6) is 0 Å². The zero-order valence-corrected chi connectivity index (χ0v) is 23.9. The van der Waals surface area contributed by atoms with E-state index in [4.69, 9.17) is 0 Å². The SMILES string of the molecule is CP(C)c1cccc(-n2nc(C(F)(F)F)nc2-c2ccccn2)c1-n1nc(C(F)(F)F)nc1-c1ccccn1.[Os+2]. The van der Waals surface area contributed by atoms with Gasteiger partial charge in [-0.1, -0.05) is 32.2 Å². The number of benzene rings is 1. The van der Waals surface area contributed by atoms with Gasteiger partial charge in [0.2, 0.25) is 0 Å². The molecule has 0 bridgehead atoms. The van der Waals surface area contributed by atoms with Crippen molar-refractivity contribution in [3.63, 3.8) is 0 Å². The summed E-state index contributed by atoms with van der Waals surface area (Å²) in [7, 11) is -1.02. The van der Waals surface area contributed by atoms with Crippen LogP contribution in [0.3, 0.4) is 0 Å². The van der Waals surface area contributed by atoms with Gasteiger partial charge in [-0.2, -0.15) is 26.3 Å². The van der Waals surface area contributed by atoms with E-state index in [1.54, 1.807) is 36.4 Å².